The Morgan fingerprint density at radius 3 is 2.78 bits per heavy atom. The first-order valence-corrected chi connectivity index (χ1v) is 8.69. The van der Waals surface area contributed by atoms with Gasteiger partial charge in [-0.15, -0.1) is 0 Å². The number of halogens is 2. The van der Waals surface area contributed by atoms with Crippen LogP contribution >= 0.6 is 0 Å². The third-order valence-corrected chi connectivity index (χ3v) is 4.45. The first kappa shape index (κ1) is 19.1. The molecule has 0 amide bonds. The second-order valence-electron chi connectivity index (χ2n) is 6.15. The van der Waals surface area contributed by atoms with Crippen LogP contribution in [0.25, 0.3) is 0 Å². The molecule has 0 aromatic heterocycles. The van der Waals surface area contributed by atoms with Crippen molar-refractivity contribution in [3.05, 3.63) is 58.7 Å². The lowest BCUT2D eigenvalue weighted by molar-refractivity contribution is -0.145. The van der Waals surface area contributed by atoms with Gasteiger partial charge in [0, 0.05) is 30.2 Å². The molecule has 0 spiro atoms. The normalized spacial score (nSPS) is 15.8. The van der Waals surface area contributed by atoms with Crippen molar-refractivity contribution >= 4 is 5.97 Å². The first-order chi connectivity index (χ1) is 13.0. The highest BCUT2D eigenvalue weighted by atomic mass is 19.1. The average molecular weight is 377 g/mol. The summed E-state index contributed by atoms with van der Waals surface area (Å²) >= 11 is 0. The molecule has 7 heteroatoms. The molecule has 1 aliphatic rings. The van der Waals surface area contributed by atoms with Crippen LogP contribution in [0.1, 0.15) is 23.6 Å². The Bertz CT molecular complexity index is 841. The lowest BCUT2D eigenvalue weighted by atomic mass is 9.94. The number of carbonyl (C=O) groups excluding carboxylic acids is 1. The molecule has 27 heavy (non-hydrogen) atoms. The van der Waals surface area contributed by atoms with Gasteiger partial charge in [-0.3, -0.25) is 4.79 Å². The van der Waals surface area contributed by atoms with Crippen molar-refractivity contribution in [1.29, 1.82) is 0 Å². The van der Waals surface area contributed by atoms with E-state index in [1.165, 1.54) is 19.2 Å². The fourth-order valence-electron chi connectivity index (χ4n) is 3.06. The summed E-state index contributed by atoms with van der Waals surface area (Å²) in [5.74, 6) is -0.712. The molecule has 144 valence electrons. The molecule has 1 aliphatic heterocycles. The number of hydrogen-bond donors (Lipinski definition) is 1. The van der Waals surface area contributed by atoms with E-state index < -0.39 is 17.7 Å². The molecule has 0 unspecified atom stereocenters. The maximum Gasteiger partial charge on any atom is 0.323 e. The van der Waals surface area contributed by atoms with Crippen LogP contribution in [0.4, 0.5) is 8.78 Å². The van der Waals surface area contributed by atoms with E-state index in [9.17, 15) is 13.6 Å². The van der Waals surface area contributed by atoms with Gasteiger partial charge in [0.2, 0.25) is 0 Å². The smallest absolute Gasteiger partial charge is 0.323 e. The quantitative estimate of drug-likeness (QED) is 0.784. The highest BCUT2D eigenvalue weighted by molar-refractivity contribution is 5.77. The molecule has 2 aromatic carbocycles. The van der Waals surface area contributed by atoms with Crippen molar-refractivity contribution in [2.75, 3.05) is 13.7 Å². The summed E-state index contributed by atoms with van der Waals surface area (Å²) < 4.78 is 43.3. The summed E-state index contributed by atoms with van der Waals surface area (Å²) in [6.45, 7) is 2.44. The monoisotopic (exact) mass is 377 g/mol. The molecule has 3 rings (SSSR count). The van der Waals surface area contributed by atoms with Gasteiger partial charge >= 0.3 is 5.97 Å². The highest BCUT2D eigenvalue weighted by Gasteiger charge is 2.29. The van der Waals surface area contributed by atoms with E-state index in [0.29, 0.717) is 31.1 Å². The van der Waals surface area contributed by atoms with Crippen LogP contribution in [-0.2, 0) is 29.1 Å². The largest absolute Gasteiger partial charge is 0.493 e. The van der Waals surface area contributed by atoms with E-state index >= 15 is 0 Å². The van der Waals surface area contributed by atoms with E-state index in [-0.39, 0.29) is 18.1 Å². The van der Waals surface area contributed by atoms with Gasteiger partial charge in [-0.05, 0) is 30.7 Å². The molecule has 0 saturated heterocycles. The van der Waals surface area contributed by atoms with Crippen LogP contribution in [0.15, 0.2) is 30.3 Å². The van der Waals surface area contributed by atoms with Crippen LogP contribution in [0.5, 0.6) is 11.5 Å². The predicted octanol–water partition coefficient (Wildman–Crippen LogP) is 3.13. The standard InChI is InChI=1S/C20H21F2NO4/c1-3-26-20(24)17-9-15-12(10-23-17)5-7-18(25-2)19(15)27-11-13-4-6-14(21)8-16(13)22/h4-8,17,23H,3,9-11H2,1-2H3/t17-/m0/s1. The van der Waals surface area contributed by atoms with Crippen molar-refractivity contribution < 1.29 is 27.8 Å². The van der Waals surface area contributed by atoms with E-state index in [2.05, 4.69) is 5.32 Å². The summed E-state index contributed by atoms with van der Waals surface area (Å²) in [6.07, 6.45) is 0.368. The molecule has 1 heterocycles. The zero-order chi connectivity index (χ0) is 19.4. The number of esters is 1. The molecule has 1 N–H and O–H groups in total. The number of carbonyl (C=O) groups is 1. The van der Waals surface area contributed by atoms with Gasteiger partial charge in [-0.1, -0.05) is 6.07 Å². The van der Waals surface area contributed by atoms with Gasteiger partial charge in [-0.2, -0.15) is 0 Å². The van der Waals surface area contributed by atoms with Crippen molar-refractivity contribution in [2.24, 2.45) is 0 Å². The maximum absolute atomic E-state index is 13.9. The van der Waals surface area contributed by atoms with E-state index in [1.807, 2.05) is 6.07 Å². The molecule has 0 saturated carbocycles. The SMILES string of the molecule is CCOC(=O)[C@@H]1Cc2c(ccc(OC)c2OCc2ccc(F)cc2F)CN1. The van der Waals surface area contributed by atoms with Crippen LogP contribution < -0.4 is 14.8 Å². The fourth-order valence-corrected chi connectivity index (χ4v) is 3.06. The number of nitrogens with one attached hydrogen (secondary N) is 1. The van der Waals surface area contributed by atoms with Crippen molar-refractivity contribution in [2.45, 2.75) is 32.5 Å². The molecule has 1 atom stereocenters. The molecule has 0 radical (unpaired) electrons. The molecule has 0 bridgehead atoms. The number of fused-ring (bicyclic) bond motifs is 1. The van der Waals surface area contributed by atoms with Crippen LogP contribution in [0.2, 0.25) is 0 Å². The van der Waals surface area contributed by atoms with Crippen molar-refractivity contribution in [3.63, 3.8) is 0 Å². The third kappa shape index (κ3) is 4.19. The van der Waals surface area contributed by atoms with Crippen molar-refractivity contribution in [3.8, 4) is 11.5 Å². The molecule has 0 aliphatic carbocycles. The topological polar surface area (TPSA) is 56.8 Å². The fraction of sp³-hybridized carbons (Fsp3) is 0.350. The summed E-state index contributed by atoms with van der Waals surface area (Å²) in [5, 5.41) is 3.14. The second-order valence-corrected chi connectivity index (χ2v) is 6.15. The molecule has 2 aromatic rings. The lowest BCUT2D eigenvalue weighted by Gasteiger charge is -2.27. The minimum absolute atomic E-state index is 0.0869. The summed E-state index contributed by atoms with van der Waals surface area (Å²) in [7, 11) is 1.51. The minimum Gasteiger partial charge on any atom is -0.493 e. The zero-order valence-electron chi connectivity index (χ0n) is 15.2. The Morgan fingerprint density at radius 2 is 2.07 bits per heavy atom. The maximum atomic E-state index is 13.9. The van der Waals surface area contributed by atoms with E-state index in [0.717, 1.165) is 17.2 Å². The van der Waals surface area contributed by atoms with Crippen molar-refractivity contribution in [1.82, 2.24) is 5.32 Å². The predicted molar refractivity (Wildman–Crippen MR) is 94.6 cm³/mol. The number of hydrogen-bond acceptors (Lipinski definition) is 5. The van der Waals surface area contributed by atoms with Gasteiger partial charge in [0.25, 0.3) is 0 Å². The Labute approximate surface area is 156 Å². The summed E-state index contributed by atoms with van der Waals surface area (Å²) in [6, 6.07) is 6.51. The highest BCUT2D eigenvalue weighted by Crippen LogP contribution is 2.37. The van der Waals surface area contributed by atoms with Gasteiger partial charge in [0.1, 0.15) is 24.3 Å². The Balaban J connectivity index is 1.87. The number of benzene rings is 2. The number of ether oxygens (including phenoxy) is 3. The van der Waals surface area contributed by atoms with Crippen LogP contribution in [-0.4, -0.2) is 25.7 Å². The van der Waals surface area contributed by atoms with E-state index in [1.54, 1.807) is 13.0 Å². The first-order valence-electron chi connectivity index (χ1n) is 8.69. The van der Waals surface area contributed by atoms with E-state index in [4.69, 9.17) is 14.2 Å². The zero-order valence-corrected chi connectivity index (χ0v) is 15.2. The summed E-state index contributed by atoms with van der Waals surface area (Å²) in [5.41, 5.74) is 2.01. The summed E-state index contributed by atoms with van der Waals surface area (Å²) in [4.78, 5) is 12.1. The van der Waals surface area contributed by atoms with Gasteiger partial charge in [0.15, 0.2) is 11.5 Å². The Kier molecular flexibility index (Phi) is 5.91. The number of methoxy groups -OCH3 is 1. The Hall–Kier alpha value is -2.67. The molecule has 5 nitrogen and oxygen atoms in total. The third-order valence-electron chi connectivity index (χ3n) is 4.45. The lowest BCUT2D eigenvalue weighted by Crippen LogP contribution is -2.42. The van der Waals surface area contributed by atoms with Gasteiger partial charge in [-0.25, -0.2) is 8.78 Å². The van der Waals surface area contributed by atoms with Gasteiger partial charge < -0.3 is 19.5 Å². The average Bonchev–Trinajstić information content (AvgIpc) is 2.66. The van der Waals surface area contributed by atoms with Crippen LogP contribution in [0.3, 0.4) is 0 Å². The number of rotatable bonds is 6. The minimum atomic E-state index is -0.676. The molecule has 0 fully saturated rings. The Morgan fingerprint density at radius 1 is 1.26 bits per heavy atom. The molecular formula is C20H21F2NO4. The van der Waals surface area contributed by atoms with Gasteiger partial charge in [0.05, 0.1) is 13.7 Å². The second kappa shape index (κ2) is 8.35. The van der Waals surface area contributed by atoms with Crippen LogP contribution in [0, 0.1) is 11.6 Å². The molecular weight excluding hydrogens is 356 g/mol.